The van der Waals surface area contributed by atoms with E-state index in [1.165, 1.54) is 29.2 Å². The highest BCUT2D eigenvalue weighted by Gasteiger charge is 2.13. The van der Waals surface area contributed by atoms with Crippen LogP contribution in [0.25, 0.3) is 10.9 Å². The third-order valence-electron chi connectivity index (χ3n) is 3.53. The highest BCUT2D eigenvalue weighted by atomic mass is 15.1. The first-order chi connectivity index (χ1) is 8.74. The molecule has 18 heavy (non-hydrogen) atoms. The first-order valence-electron chi connectivity index (χ1n) is 6.92. The lowest BCUT2D eigenvalue weighted by Crippen LogP contribution is -2.42. The molecule has 2 nitrogen and oxygen atoms in total. The summed E-state index contributed by atoms with van der Waals surface area (Å²) in [4.78, 5) is 5.68. The van der Waals surface area contributed by atoms with Crippen LogP contribution in [0.3, 0.4) is 0 Å². The molecule has 1 heterocycles. The molecule has 1 aromatic carbocycles. The zero-order valence-electron chi connectivity index (χ0n) is 11.6. The molecule has 2 aromatic rings. The van der Waals surface area contributed by atoms with Gasteiger partial charge in [-0.05, 0) is 42.9 Å². The quantitative estimate of drug-likeness (QED) is 0.770. The largest absolute Gasteiger partial charge is 0.361 e. The number of benzene rings is 1. The van der Waals surface area contributed by atoms with Gasteiger partial charge in [0, 0.05) is 11.7 Å². The van der Waals surface area contributed by atoms with Crippen LogP contribution in [-0.2, 0) is 0 Å². The van der Waals surface area contributed by atoms with Crippen molar-refractivity contribution in [2.24, 2.45) is 0 Å². The molecule has 0 aliphatic rings. The molecule has 0 fully saturated rings. The summed E-state index contributed by atoms with van der Waals surface area (Å²) >= 11 is 0. The summed E-state index contributed by atoms with van der Waals surface area (Å²) in [5, 5.41) is 1.28. The Bertz CT molecular complexity index is 492. The van der Waals surface area contributed by atoms with Gasteiger partial charge in [0.2, 0.25) is 7.41 Å². The highest BCUT2D eigenvalue weighted by molar-refractivity contribution is 6.51. The predicted molar refractivity (Wildman–Crippen MR) is 80.4 cm³/mol. The van der Waals surface area contributed by atoms with Crippen molar-refractivity contribution in [3.8, 4) is 0 Å². The van der Waals surface area contributed by atoms with Gasteiger partial charge in [0.05, 0.1) is 0 Å². The summed E-state index contributed by atoms with van der Waals surface area (Å²) in [6.45, 7) is 7.90. The van der Waals surface area contributed by atoms with Crippen molar-refractivity contribution < 1.29 is 0 Å². The van der Waals surface area contributed by atoms with Gasteiger partial charge in [0.25, 0.3) is 0 Å². The second-order valence-corrected chi connectivity index (χ2v) is 4.95. The summed E-state index contributed by atoms with van der Waals surface area (Å²) in [7, 11) is 2.30. The summed E-state index contributed by atoms with van der Waals surface area (Å²) in [5.41, 5.74) is 2.49. The van der Waals surface area contributed by atoms with Gasteiger partial charge in [0.1, 0.15) is 0 Å². The van der Waals surface area contributed by atoms with Gasteiger partial charge in [-0.1, -0.05) is 38.4 Å². The molecule has 0 aliphatic carbocycles. The maximum atomic E-state index is 3.23. The maximum Gasteiger partial charge on any atom is 0.247 e. The molecule has 3 heteroatoms. The average molecular weight is 241 g/mol. The van der Waals surface area contributed by atoms with Gasteiger partial charge in [-0.15, -0.1) is 0 Å². The molecule has 1 aromatic heterocycles. The number of nitrogens with zero attached hydrogens (tertiary/aromatic N) is 1. The van der Waals surface area contributed by atoms with Gasteiger partial charge in [0.15, 0.2) is 0 Å². The SMILES string of the molecule is CCCN([B]c1ccc2[nH]ccc2c1)C(C)CC. The van der Waals surface area contributed by atoms with Crippen molar-refractivity contribution in [3.05, 3.63) is 30.5 Å². The second-order valence-electron chi connectivity index (χ2n) is 4.95. The minimum absolute atomic E-state index is 0.604. The van der Waals surface area contributed by atoms with E-state index in [0.717, 1.165) is 6.54 Å². The first kappa shape index (κ1) is 13.2. The van der Waals surface area contributed by atoms with Gasteiger partial charge in [-0.3, -0.25) is 0 Å². The minimum atomic E-state index is 0.604. The molecular formula is C15H22BN2. The fourth-order valence-electron chi connectivity index (χ4n) is 2.25. The minimum Gasteiger partial charge on any atom is -0.361 e. The second kappa shape index (κ2) is 6.10. The van der Waals surface area contributed by atoms with E-state index < -0.39 is 0 Å². The lowest BCUT2D eigenvalue weighted by Gasteiger charge is -2.27. The fourth-order valence-corrected chi connectivity index (χ4v) is 2.25. The topological polar surface area (TPSA) is 19.0 Å². The van der Waals surface area contributed by atoms with E-state index in [4.69, 9.17) is 0 Å². The highest BCUT2D eigenvalue weighted by Crippen LogP contribution is 2.10. The molecule has 0 spiro atoms. The average Bonchev–Trinajstić information content (AvgIpc) is 2.84. The Morgan fingerprint density at radius 3 is 2.83 bits per heavy atom. The van der Waals surface area contributed by atoms with E-state index >= 15 is 0 Å². The summed E-state index contributed by atoms with van der Waals surface area (Å²) in [6, 6.07) is 9.31. The number of rotatable bonds is 6. The molecule has 0 amide bonds. The molecule has 1 atom stereocenters. The van der Waals surface area contributed by atoms with Gasteiger partial charge in [-0.25, -0.2) is 0 Å². The van der Waals surface area contributed by atoms with Crippen molar-refractivity contribution in [1.29, 1.82) is 0 Å². The fraction of sp³-hybridized carbons (Fsp3) is 0.467. The molecule has 1 radical (unpaired) electrons. The van der Waals surface area contributed by atoms with Crippen molar-refractivity contribution >= 4 is 23.8 Å². The lowest BCUT2D eigenvalue weighted by molar-refractivity contribution is 0.345. The van der Waals surface area contributed by atoms with Crippen LogP contribution in [0.4, 0.5) is 0 Å². The van der Waals surface area contributed by atoms with E-state index in [0.29, 0.717) is 6.04 Å². The van der Waals surface area contributed by atoms with Gasteiger partial charge in [-0.2, -0.15) is 0 Å². The predicted octanol–water partition coefficient (Wildman–Crippen LogP) is 2.92. The Morgan fingerprint density at radius 2 is 2.11 bits per heavy atom. The van der Waals surface area contributed by atoms with Crippen LogP contribution in [0, 0.1) is 0 Å². The monoisotopic (exact) mass is 241 g/mol. The molecule has 0 saturated heterocycles. The van der Waals surface area contributed by atoms with Crippen LogP contribution < -0.4 is 5.46 Å². The third kappa shape index (κ3) is 2.96. The first-order valence-corrected chi connectivity index (χ1v) is 6.92. The number of hydrogen-bond acceptors (Lipinski definition) is 1. The normalized spacial score (nSPS) is 13.1. The Morgan fingerprint density at radius 1 is 1.28 bits per heavy atom. The smallest absolute Gasteiger partial charge is 0.247 e. The summed E-state index contributed by atoms with van der Waals surface area (Å²) < 4.78 is 0. The number of hydrogen-bond donors (Lipinski definition) is 1. The van der Waals surface area contributed by atoms with Crippen molar-refractivity contribution in [2.45, 2.75) is 39.7 Å². The van der Waals surface area contributed by atoms with Crippen molar-refractivity contribution in [3.63, 3.8) is 0 Å². The number of aromatic nitrogens is 1. The molecule has 0 bridgehead atoms. The third-order valence-corrected chi connectivity index (χ3v) is 3.53. The number of nitrogens with one attached hydrogen (secondary N) is 1. The molecule has 1 N–H and O–H groups in total. The standard InChI is InChI=1S/C15H22BN2/c1-4-10-18(12(3)5-2)16-14-6-7-15-13(11-14)8-9-17-15/h6-9,11-12,17H,4-5,10H2,1-3H3. The van der Waals surface area contributed by atoms with Crippen LogP contribution in [0.1, 0.15) is 33.6 Å². The van der Waals surface area contributed by atoms with E-state index in [1.807, 2.05) is 6.20 Å². The maximum absolute atomic E-state index is 3.23. The molecule has 0 aliphatic heterocycles. The molecular weight excluding hydrogens is 219 g/mol. The van der Waals surface area contributed by atoms with Crippen LogP contribution >= 0.6 is 0 Å². The van der Waals surface area contributed by atoms with Crippen molar-refractivity contribution in [1.82, 2.24) is 9.79 Å². The zero-order chi connectivity index (χ0) is 13.0. The van der Waals surface area contributed by atoms with Crippen molar-refractivity contribution in [2.75, 3.05) is 6.54 Å². The van der Waals surface area contributed by atoms with E-state index in [2.05, 4.69) is 62.2 Å². The summed E-state index contributed by atoms with van der Waals surface area (Å²) in [5.74, 6) is 0. The molecule has 1 unspecified atom stereocenters. The number of aromatic amines is 1. The van der Waals surface area contributed by atoms with Crippen LogP contribution in [0.5, 0.6) is 0 Å². The van der Waals surface area contributed by atoms with Crippen LogP contribution in [0.15, 0.2) is 30.5 Å². The zero-order valence-corrected chi connectivity index (χ0v) is 11.6. The van der Waals surface area contributed by atoms with Gasteiger partial charge >= 0.3 is 0 Å². The van der Waals surface area contributed by atoms with E-state index in [9.17, 15) is 0 Å². The number of H-pyrrole nitrogens is 1. The van der Waals surface area contributed by atoms with Crippen LogP contribution in [-0.4, -0.2) is 29.8 Å². The summed E-state index contributed by atoms with van der Waals surface area (Å²) in [6.07, 6.45) is 4.36. The Labute approximate surface area is 111 Å². The van der Waals surface area contributed by atoms with Gasteiger partial charge < -0.3 is 9.79 Å². The van der Waals surface area contributed by atoms with E-state index in [1.54, 1.807) is 0 Å². The molecule has 0 saturated carbocycles. The Kier molecular flexibility index (Phi) is 4.48. The molecule has 95 valence electrons. The lowest BCUT2D eigenvalue weighted by atomic mass is 9.78. The molecule has 2 rings (SSSR count). The van der Waals surface area contributed by atoms with Crippen LogP contribution in [0.2, 0.25) is 0 Å². The van der Waals surface area contributed by atoms with E-state index in [-0.39, 0.29) is 0 Å². The Balaban J connectivity index is 2.14. The Hall–Kier alpha value is -1.22. The number of fused-ring (bicyclic) bond motifs is 1.